The van der Waals surface area contributed by atoms with Gasteiger partial charge in [0.2, 0.25) is 11.8 Å². The number of carbonyl (C=O) groups excluding carboxylic acids is 2. The summed E-state index contributed by atoms with van der Waals surface area (Å²) in [6.45, 7) is 2.84. The Morgan fingerprint density at radius 1 is 1.57 bits per heavy atom. The first-order valence-electron chi connectivity index (χ1n) is 4.79. The van der Waals surface area contributed by atoms with Crippen LogP contribution in [-0.2, 0) is 9.59 Å². The van der Waals surface area contributed by atoms with Crippen LogP contribution in [0.5, 0.6) is 0 Å². The highest BCUT2D eigenvalue weighted by molar-refractivity contribution is 5.85. The van der Waals surface area contributed by atoms with Crippen LogP contribution in [0.1, 0.15) is 13.3 Å². The van der Waals surface area contributed by atoms with Crippen molar-refractivity contribution in [1.29, 1.82) is 0 Å². The van der Waals surface area contributed by atoms with E-state index in [4.69, 9.17) is 5.73 Å². The lowest BCUT2D eigenvalue weighted by Crippen LogP contribution is -2.41. The molecule has 5 nitrogen and oxygen atoms in total. The molecule has 0 aliphatic carbocycles. The zero-order valence-corrected chi connectivity index (χ0v) is 8.62. The van der Waals surface area contributed by atoms with Gasteiger partial charge in [0, 0.05) is 13.1 Å². The summed E-state index contributed by atoms with van der Waals surface area (Å²) in [6, 6.07) is 0.192. The number of hydrogen-bond acceptors (Lipinski definition) is 3. The van der Waals surface area contributed by atoms with Gasteiger partial charge in [0.15, 0.2) is 0 Å². The molecule has 2 atom stereocenters. The Bertz CT molecular complexity index is 242. The summed E-state index contributed by atoms with van der Waals surface area (Å²) in [5.41, 5.74) is 5.02. The minimum Gasteiger partial charge on any atom is -0.368 e. The van der Waals surface area contributed by atoms with E-state index in [-0.39, 0.29) is 24.4 Å². The largest absolute Gasteiger partial charge is 0.368 e. The number of hydrogen-bond donors (Lipinski definition) is 2. The van der Waals surface area contributed by atoms with E-state index in [9.17, 15) is 9.59 Å². The number of likely N-dealkylation sites (N-methyl/N-ethyl adjacent to an activating group) is 1. The number of nitrogens with zero attached hydrogens (tertiary/aromatic N) is 1. The van der Waals surface area contributed by atoms with Crippen LogP contribution in [0.15, 0.2) is 0 Å². The highest BCUT2D eigenvalue weighted by Crippen LogP contribution is 2.17. The molecule has 1 fully saturated rings. The average Bonchev–Trinajstić information content (AvgIpc) is 2.48. The van der Waals surface area contributed by atoms with Crippen LogP contribution in [0.3, 0.4) is 0 Å². The molecule has 1 saturated heterocycles. The lowest BCUT2D eigenvalue weighted by Gasteiger charge is -2.21. The topological polar surface area (TPSA) is 75.4 Å². The molecule has 1 heterocycles. The minimum absolute atomic E-state index is 0.00120. The van der Waals surface area contributed by atoms with Crippen molar-refractivity contribution in [2.75, 3.05) is 20.1 Å². The maximum atomic E-state index is 11.8. The van der Waals surface area contributed by atoms with Crippen LogP contribution >= 0.6 is 0 Å². The van der Waals surface area contributed by atoms with E-state index >= 15 is 0 Å². The molecule has 0 spiro atoms. The Kier molecular flexibility index (Phi) is 3.46. The number of nitrogens with one attached hydrogen (secondary N) is 1. The Morgan fingerprint density at radius 3 is 2.64 bits per heavy atom. The Balaban J connectivity index is 2.51. The lowest BCUT2D eigenvalue weighted by atomic mass is 10.0. The normalized spacial score (nSPS) is 26.1. The van der Waals surface area contributed by atoms with Crippen molar-refractivity contribution in [2.45, 2.75) is 19.4 Å². The predicted octanol–water partition coefficient (Wildman–Crippen LogP) is -1.07. The van der Waals surface area contributed by atoms with E-state index in [1.54, 1.807) is 7.05 Å². The summed E-state index contributed by atoms with van der Waals surface area (Å²) in [5.74, 6) is -0.486. The molecular formula is C9H17N3O2. The van der Waals surface area contributed by atoms with E-state index < -0.39 is 5.91 Å². The molecule has 2 unspecified atom stereocenters. The van der Waals surface area contributed by atoms with Crippen LogP contribution in [0.2, 0.25) is 0 Å². The summed E-state index contributed by atoms with van der Waals surface area (Å²) >= 11 is 0. The number of amides is 2. The van der Waals surface area contributed by atoms with Gasteiger partial charge in [-0.2, -0.15) is 0 Å². The second kappa shape index (κ2) is 4.41. The molecule has 0 saturated carbocycles. The SMILES string of the molecule is CC1NCCC1C(=O)N(C)CC(N)=O. The summed E-state index contributed by atoms with van der Waals surface area (Å²) in [6.07, 6.45) is 0.836. The van der Waals surface area contributed by atoms with E-state index in [0.717, 1.165) is 13.0 Å². The third kappa shape index (κ3) is 2.45. The lowest BCUT2D eigenvalue weighted by molar-refractivity contribution is -0.137. The second-order valence-electron chi connectivity index (χ2n) is 3.80. The van der Waals surface area contributed by atoms with Crippen molar-refractivity contribution in [3.8, 4) is 0 Å². The highest BCUT2D eigenvalue weighted by atomic mass is 16.2. The molecule has 5 heteroatoms. The maximum Gasteiger partial charge on any atom is 0.237 e. The van der Waals surface area contributed by atoms with Gasteiger partial charge in [0.25, 0.3) is 0 Å². The molecule has 14 heavy (non-hydrogen) atoms. The molecule has 3 N–H and O–H groups in total. The fourth-order valence-electron chi connectivity index (χ4n) is 1.79. The van der Waals surface area contributed by atoms with Crippen molar-refractivity contribution in [3.63, 3.8) is 0 Å². The molecule has 0 aromatic rings. The Morgan fingerprint density at radius 2 is 2.21 bits per heavy atom. The zero-order chi connectivity index (χ0) is 10.7. The second-order valence-corrected chi connectivity index (χ2v) is 3.80. The van der Waals surface area contributed by atoms with Gasteiger partial charge in [-0.05, 0) is 19.9 Å². The van der Waals surface area contributed by atoms with E-state index in [0.29, 0.717) is 0 Å². The molecule has 0 bridgehead atoms. The van der Waals surface area contributed by atoms with Gasteiger partial charge in [0.1, 0.15) is 0 Å². The molecule has 2 amide bonds. The van der Waals surface area contributed by atoms with E-state index in [1.807, 2.05) is 6.92 Å². The predicted molar refractivity (Wildman–Crippen MR) is 52.4 cm³/mol. The molecular weight excluding hydrogens is 182 g/mol. The number of carbonyl (C=O) groups is 2. The van der Waals surface area contributed by atoms with Crippen LogP contribution in [0.25, 0.3) is 0 Å². The van der Waals surface area contributed by atoms with Gasteiger partial charge in [-0.25, -0.2) is 0 Å². The van der Waals surface area contributed by atoms with E-state index in [2.05, 4.69) is 5.32 Å². The van der Waals surface area contributed by atoms with E-state index in [1.165, 1.54) is 4.90 Å². The van der Waals surface area contributed by atoms with Gasteiger partial charge in [0.05, 0.1) is 12.5 Å². The quantitative estimate of drug-likeness (QED) is 0.607. The molecule has 0 aromatic carbocycles. The maximum absolute atomic E-state index is 11.8. The highest BCUT2D eigenvalue weighted by Gasteiger charge is 2.31. The van der Waals surface area contributed by atoms with Crippen molar-refractivity contribution < 1.29 is 9.59 Å². The molecule has 1 rings (SSSR count). The van der Waals surface area contributed by atoms with Crippen molar-refractivity contribution in [1.82, 2.24) is 10.2 Å². The first kappa shape index (κ1) is 11.0. The van der Waals surface area contributed by atoms with Crippen LogP contribution in [0, 0.1) is 5.92 Å². The molecule has 1 aliphatic heterocycles. The fourth-order valence-corrected chi connectivity index (χ4v) is 1.79. The smallest absolute Gasteiger partial charge is 0.237 e. The van der Waals surface area contributed by atoms with Crippen molar-refractivity contribution >= 4 is 11.8 Å². The Labute approximate surface area is 83.6 Å². The molecule has 1 aliphatic rings. The van der Waals surface area contributed by atoms with Gasteiger partial charge >= 0.3 is 0 Å². The van der Waals surface area contributed by atoms with Gasteiger partial charge in [-0.3, -0.25) is 9.59 Å². The van der Waals surface area contributed by atoms with Gasteiger partial charge in [-0.1, -0.05) is 0 Å². The zero-order valence-electron chi connectivity index (χ0n) is 8.62. The first-order chi connectivity index (χ1) is 6.52. The average molecular weight is 199 g/mol. The monoisotopic (exact) mass is 199 g/mol. The fraction of sp³-hybridized carbons (Fsp3) is 0.778. The summed E-state index contributed by atoms with van der Waals surface area (Å²) in [7, 11) is 1.61. The third-order valence-corrected chi connectivity index (χ3v) is 2.61. The third-order valence-electron chi connectivity index (χ3n) is 2.61. The minimum atomic E-state index is -0.473. The first-order valence-corrected chi connectivity index (χ1v) is 4.79. The summed E-state index contributed by atoms with van der Waals surface area (Å²) in [5, 5.41) is 3.19. The van der Waals surface area contributed by atoms with Crippen molar-refractivity contribution in [2.24, 2.45) is 11.7 Å². The summed E-state index contributed by atoms with van der Waals surface area (Å²) in [4.78, 5) is 23.8. The number of rotatable bonds is 3. The molecule has 80 valence electrons. The van der Waals surface area contributed by atoms with Gasteiger partial charge in [-0.15, -0.1) is 0 Å². The molecule has 0 aromatic heterocycles. The van der Waals surface area contributed by atoms with Crippen molar-refractivity contribution in [3.05, 3.63) is 0 Å². The van der Waals surface area contributed by atoms with Crippen LogP contribution in [-0.4, -0.2) is 42.9 Å². The van der Waals surface area contributed by atoms with Crippen LogP contribution in [0.4, 0.5) is 0 Å². The molecule has 0 radical (unpaired) electrons. The standard InChI is InChI=1S/C9H17N3O2/c1-6-7(3-4-11-6)9(14)12(2)5-8(10)13/h6-7,11H,3-5H2,1-2H3,(H2,10,13). The number of nitrogens with two attached hydrogens (primary N) is 1. The van der Waals surface area contributed by atoms with Gasteiger partial charge < -0.3 is 16.0 Å². The Hall–Kier alpha value is -1.10. The number of primary amides is 1. The summed E-state index contributed by atoms with van der Waals surface area (Å²) < 4.78 is 0. The van der Waals surface area contributed by atoms with Crippen LogP contribution < -0.4 is 11.1 Å².